The average molecular weight is 295 g/mol. The van der Waals surface area contributed by atoms with Crippen LogP contribution in [0.4, 0.5) is 0 Å². The van der Waals surface area contributed by atoms with Gasteiger partial charge in [0.25, 0.3) is 0 Å². The largest absolute Gasteiger partial charge is 0.359 e. The zero-order chi connectivity index (χ0) is 15.9. The minimum absolute atomic E-state index is 0.0866. The number of carbonyl (C=O) groups is 2. The fraction of sp³-hybridized carbons (Fsp3) is 0.263. The van der Waals surface area contributed by atoms with Crippen molar-refractivity contribution in [2.75, 3.05) is 7.05 Å². The molecule has 0 aliphatic carbocycles. The summed E-state index contributed by atoms with van der Waals surface area (Å²) in [7, 11) is 1.59. The van der Waals surface area contributed by atoms with Crippen LogP contribution in [-0.2, 0) is 16.0 Å². The van der Waals surface area contributed by atoms with Crippen molar-refractivity contribution in [3.63, 3.8) is 0 Å². The highest BCUT2D eigenvalue weighted by Gasteiger charge is 2.15. The van der Waals surface area contributed by atoms with Gasteiger partial charge in [-0.25, -0.2) is 0 Å². The first-order valence-electron chi connectivity index (χ1n) is 7.48. The molecule has 0 aliphatic rings. The lowest BCUT2D eigenvalue weighted by Crippen LogP contribution is -2.27. The molecule has 0 bridgehead atoms. The standard InChI is InChI=1S/C19H21NO2/c1-14(19(22)20-2)12-18(21)13-15-8-10-17(11-9-15)16-6-4-3-5-7-16/h3-11,14H,12-13H2,1-2H3,(H,20,22). The second kappa shape index (κ2) is 7.55. The molecular weight excluding hydrogens is 274 g/mol. The minimum Gasteiger partial charge on any atom is -0.359 e. The van der Waals surface area contributed by atoms with Crippen molar-refractivity contribution in [1.29, 1.82) is 0 Å². The van der Waals surface area contributed by atoms with Crippen LogP contribution in [0.2, 0.25) is 0 Å². The highest BCUT2D eigenvalue weighted by molar-refractivity contribution is 5.87. The van der Waals surface area contributed by atoms with Crippen LogP contribution in [0.3, 0.4) is 0 Å². The monoisotopic (exact) mass is 295 g/mol. The predicted octanol–water partition coefficient (Wildman–Crippen LogP) is 3.24. The number of ketones is 1. The van der Waals surface area contributed by atoms with E-state index in [0.29, 0.717) is 6.42 Å². The van der Waals surface area contributed by atoms with Crippen LogP contribution in [0, 0.1) is 5.92 Å². The number of rotatable bonds is 6. The summed E-state index contributed by atoms with van der Waals surface area (Å²) in [6.45, 7) is 1.77. The van der Waals surface area contributed by atoms with Gasteiger partial charge < -0.3 is 5.32 Å². The Morgan fingerprint density at radius 1 is 0.955 bits per heavy atom. The van der Waals surface area contributed by atoms with E-state index in [1.165, 1.54) is 0 Å². The first-order chi connectivity index (χ1) is 10.6. The van der Waals surface area contributed by atoms with E-state index in [9.17, 15) is 9.59 Å². The zero-order valence-electron chi connectivity index (χ0n) is 13.0. The molecule has 114 valence electrons. The Kier molecular flexibility index (Phi) is 5.48. The van der Waals surface area contributed by atoms with Gasteiger partial charge >= 0.3 is 0 Å². The van der Waals surface area contributed by atoms with E-state index < -0.39 is 0 Å². The SMILES string of the molecule is CNC(=O)C(C)CC(=O)Cc1ccc(-c2ccccc2)cc1. The van der Waals surface area contributed by atoms with E-state index >= 15 is 0 Å². The van der Waals surface area contributed by atoms with Crippen LogP contribution in [0.1, 0.15) is 18.9 Å². The molecule has 3 nitrogen and oxygen atoms in total. The Balaban J connectivity index is 1.97. The quantitative estimate of drug-likeness (QED) is 0.889. The van der Waals surface area contributed by atoms with Crippen molar-refractivity contribution in [2.24, 2.45) is 5.92 Å². The van der Waals surface area contributed by atoms with Gasteiger partial charge in [0, 0.05) is 25.8 Å². The number of Topliss-reactive ketones (excluding diaryl/α,β-unsaturated/α-hetero) is 1. The lowest BCUT2D eigenvalue weighted by molar-refractivity contribution is -0.128. The first kappa shape index (κ1) is 16.0. The summed E-state index contributed by atoms with van der Waals surface area (Å²) in [5, 5.41) is 2.57. The summed E-state index contributed by atoms with van der Waals surface area (Å²) in [6, 6.07) is 18.1. The molecule has 1 amide bonds. The molecule has 2 rings (SSSR count). The second-order valence-electron chi connectivity index (χ2n) is 5.50. The van der Waals surface area contributed by atoms with Crippen LogP contribution >= 0.6 is 0 Å². The van der Waals surface area contributed by atoms with Gasteiger partial charge in [-0.2, -0.15) is 0 Å². The van der Waals surface area contributed by atoms with Gasteiger partial charge in [0.05, 0.1) is 0 Å². The first-order valence-corrected chi connectivity index (χ1v) is 7.48. The maximum Gasteiger partial charge on any atom is 0.223 e. The van der Waals surface area contributed by atoms with Crippen molar-refractivity contribution in [1.82, 2.24) is 5.32 Å². The molecule has 0 fully saturated rings. The lowest BCUT2D eigenvalue weighted by atomic mass is 9.97. The van der Waals surface area contributed by atoms with Crippen molar-refractivity contribution in [3.05, 3.63) is 60.2 Å². The Labute approximate surface area is 131 Å². The number of benzene rings is 2. The third kappa shape index (κ3) is 4.29. The Morgan fingerprint density at radius 2 is 1.55 bits per heavy atom. The average Bonchev–Trinajstić information content (AvgIpc) is 2.55. The normalized spacial score (nSPS) is 11.7. The van der Waals surface area contributed by atoms with Crippen molar-refractivity contribution >= 4 is 11.7 Å². The van der Waals surface area contributed by atoms with Crippen LogP contribution in [0.25, 0.3) is 11.1 Å². The summed E-state index contributed by atoms with van der Waals surface area (Å²) in [5.74, 6) is -0.280. The smallest absolute Gasteiger partial charge is 0.223 e. The molecule has 0 aliphatic heterocycles. The third-order valence-electron chi connectivity index (χ3n) is 3.69. The van der Waals surface area contributed by atoms with Gasteiger partial charge in [-0.3, -0.25) is 9.59 Å². The Hall–Kier alpha value is -2.42. The Morgan fingerprint density at radius 3 is 2.14 bits per heavy atom. The summed E-state index contributed by atoms with van der Waals surface area (Å²) >= 11 is 0. The van der Waals surface area contributed by atoms with E-state index in [0.717, 1.165) is 16.7 Å². The van der Waals surface area contributed by atoms with E-state index in [2.05, 4.69) is 17.4 Å². The molecular formula is C19H21NO2. The maximum atomic E-state index is 12.0. The molecule has 22 heavy (non-hydrogen) atoms. The molecule has 2 aromatic rings. The third-order valence-corrected chi connectivity index (χ3v) is 3.69. The van der Waals surface area contributed by atoms with Gasteiger partial charge in [-0.1, -0.05) is 61.5 Å². The second-order valence-corrected chi connectivity index (χ2v) is 5.50. The summed E-state index contributed by atoms with van der Waals surface area (Å²) in [5.41, 5.74) is 3.28. The molecule has 2 aromatic carbocycles. The van der Waals surface area contributed by atoms with Gasteiger partial charge in [0.2, 0.25) is 5.91 Å². The Bertz CT molecular complexity index is 632. The molecule has 0 aromatic heterocycles. The van der Waals surface area contributed by atoms with Crippen LogP contribution < -0.4 is 5.32 Å². The number of amides is 1. The molecule has 1 N–H and O–H groups in total. The highest BCUT2D eigenvalue weighted by atomic mass is 16.2. The molecule has 0 saturated carbocycles. The zero-order valence-corrected chi connectivity index (χ0v) is 13.0. The van der Waals surface area contributed by atoms with Crippen LogP contribution in [0.5, 0.6) is 0 Å². The summed E-state index contributed by atoms with van der Waals surface area (Å²) in [4.78, 5) is 23.5. The van der Waals surface area contributed by atoms with Gasteiger partial charge in [0.15, 0.2) is 0 Å². The van der Waals surface area contributed by atoms with Gasteiger partial charge in [-0.05, 0) is 16.7 Å². The molecule has 1 unspecified atom stereocenters. The number of hydrogen-bond acceptors (Lipinski definition) is 2. The molecule has 0 spiro atoms. The lowest BCUT2D eigenvalue weighted by Gasteiger charge is -2.09. The molecule has 3 heteroatoms. The fourth-order valence-electron chi connectivity index (χ4n) is 2.43. The molecule has 0 heterocycles. The maximum absolute atomic E-state index is 12.0. The predicted molar refractivity (Wildman–Crippen MR) is 88.4 cm³/mol. The van der Waals surface area contributed by atoms with Gasteiger partial charge in [-0.15, -0.1) is 0 Å². The van der Waals surface area contributed by atoms with Crippen molar-refractivity contribution in [2.45, 2.75) is 19.8 Å². The number of carbonyl (C=O) groups excluding carboxylic acids is 2. The molecule has 0 saturated heterocycles. The van der Waals surface area contributed by atoms with Crippen LogP contribution in [-0.4, -0.2) is 18.7 Å². The summed E-state index contributed by atoms with van der Waals surface area (Å²) < 4.78 is 0. The fourth-order valence-corrected chi connectivity index (χ4v) is 2.43. The highest BCUT2D eigenvalue weighted by Crippen LogP contribution is 2.19. The van der Waals surface area contributed by atoms with Gasteiger partial charge in [0.1, 0.15) is 5.78 Å². The molecule has 0 radical (unpaired) electrons. The molecule has 1 atom stereocenters. The van der Waals surface area contributed by atoms with E-state index in [1.807, 2.05) is 42.5 Å². The van der Waals surface area contributed by atoms with Crippen LogP contribution in [0.15, 0.2) is 54.6 Å². The topological polar surface area (TPSA) is 46.2 Å². The van der Waals surface area contributed by atoms with Crippen molar-refractivity contribution in [3.8, 4) is 11.1 Å². The van der Waals surface area contributed by atoms with Crippen molar-refractivity contribution < 1.29 is 9.59 Å². The summed E-state index contributed by atoms with van der Waals surface area (Å²) in [6.07, 6.45) is 0.649. The minimum atomic E-state index is -0.277. The van der Waals surface area contributed by atoms with E-state index in [4.69, 9.17) is 0 Å². The van der Waals surface area contributed by atoms with E-state index in [-0.39, 0.29) is 24.0 Å². The van der Waals surface area contributed by atoms with E-state index in [1.54, 1.807) is 14.0 Å². The number of nitrogens with one attached hydrogen (secondary N) is 1. The number of hydrogen-bond donors (Lipinski definition) is 1.